The summed E-state index contributed by atoms with van der Waals surface area (Å²) in [6.07, 6.45) is -0.441. The van der Waals surface area contributed by atoms with Gasteiger partial charge < -0.3 is 14.9 Å². The van der Waals surface area contributed by atoms with Gasteiger partial charge in [-0.1, -0.05) is 30.3 Å². The van der Waals surface area contributed by atoms with Gasteiger partial charge in [0.2, 0.25) is 0 Å². The Morgan fingerprint density at radius 2 is 2.06 bits per heavy atom. The number of rotatable bonds is 6. The van der Waals surface area contributed by atoms with Crippen molar-refractivity contribution in [1.29, 1.82) is 0 Å². The van der Waals surface area contributed by atoms with Crippen LogP contribution in [-0.2, 0) is 16.2 Å². The largest absolute Gasteiger partial charge is 0.445 e. The lowest BCUT2D eigenvalue weighted by atomic mass is 10.2. The summed E-state index contributed by atoms with van der Waals surface area (Å²) in [5.74, 6) is 0. The molecule has 0 spiro atoms. The molecule has 0 saturated heterocycles. The number of ether oxygens (including phenoxy) is 1. The quantitative estimate of drug-likeness (QED) is 0.560. The zero-order chi connectivity index (χ0) is 11.6. The highest BCUT2D eigenvalue weighted by atomic mass is 16.6. The van der Waals surface area contributed by atoms with Crippen molar-refractivity contribution in [3.8, 4) is 0 Å². The Balaban J connectivity index is 2.11. The van der Waals surface area contributed by atoms with Crippen molar-refractivity contribution >= 4 is 6.09 Å². The number of carbonyl (C=O) groups excluding carboxylic acids is 1. The molecule has 0 aromatic heterocycles. The zero-order valence-corrected chi connectivity index (χ0v) is 9.23. The number of benzene rings is 1. The maximum Gasteiger partial charge on any atom is 0.407 e. The average Bonchev–Trinajstić information content (AvgIpc) is 2.33. The number of nitrogens with one attached hydrogen (secondary N) is 2. The predicted octanol–water partition coefficient (Wildman–Crippen LogP) is 1.06. The fraction of sp³-hybridized carbons (Fsp3) is 0.364. The lowest BCUT2D eigenvalue weighted by molar-refractivity contribution is 0.0582. The summed E-state index contributed by atoms with van der Waals surface area (Å²) in [4.78, 5) is 16.0. The fourth-order valence-corrected chi connectivity index (χ4v) is 1.08. The number of amides is 1. The molecular weight excluding hydrogens is 208 g/mol. The molecule has 1 rings (SSSR count). The molecule has 0 fully saturated rings. The molecule has 0 heterocycles. The molecule has 0 unspecified atom stereocenters. The molecule has 1 amide bonds. The predicted molar refractivity (Wildman–Crippen MR) is 59.6 cm³/mol. The standard InChI is InChI=1S/C11H16N2O3/c1-12-16-8-7-13-11(14)15-9-10-5-3-2-4-6-10/h2-6,12H,7-9H2,1H3,(H,13,14). The van der Waals surface area contributed by atoms with Crippen molar-refractivity contribution in [2.75, 3.05) is 20.2 Å². The van der Waals surface area contributed by atoms with E-state index >= 15 is 0 Å². The van der Waals surface area contributed by atoms with Gasteiger partial charge in [-0.25, -0.2) is 10.3 Å². The van der Waals surface area contributed by atoms with E-state index in [1.165, 1.54) is 0 Å². The molecule has 1 aromatic carbocycles. The summed E-state index contributed by atoms with van der Waals surface area (Å²) in [6, 6.07) is 9.52. The second-order valence-corrected chi connectivity index (χ2v) is 3.04. The van der Waals surface area contributed by atoms with Gasteiger partial charge in [-0.15, -0.1) is 0 Å². The van der Waals surface area contributed by atoms with Crippen LogP contribution in [0.1, 0.15) is 5.56 Å². The summed E-state index contributed by atoms with van der Waals surface area (Å²) >= 11 is 0. The first-order valence-electron chi connectivity index (χ1n) is 5.06. The van der Waals surface area contributed by atoms with Crippen LogP contribution in [0.5, 0.6) is 0 Å². The zero-order valence-electron chi connectivity index (χ0n) is 9.23. The summed E-state index contributed by atoms with van der Waals surface area (Å²) in [5, 5.41) is 2.56. The number of carbonyl (C=O) groups is 1. The van der Waals surface area contributed by atoms with E-state index in [2.05, 4.69) is 10.8 Å². The molecule has 1 aromatic rings. The number of hydrogen-bond acceptors (Lipinski definition) is 4. The van der Waals surface area contributed by atoms with Gasteiger partial charge >= 0.3 is 6.09 Å². The maximum atomic E-state index is 11.2. The highest BCUT2D eigenvalue weighted by molar-refractivity contribution is 5.67. The minimum Gasteiger partial charge on any atom is -0.445 e. The van der Waals surface area contributed by atoms with E-state index in [0.29, 0.717) is 13.2 Å². The highest BCUT2D eigenvalue weighted by Crippen LogP contribution is 2.00. The molecule has 0 atom stereocenters. The molecule has 2 N–H and O–H groups in total. The van der Waals surface area contributed by atoms with Gasteiger partial charge in [0, 0.05) is 13.6 Å². The van der Waals surface area contributed by atoms with Gasteiger partial charge in [0.15, 0.2) is 0 Å². The van der Waals surface area contributed by atoms with Gasteiger partial charge in [-0.2, -0.15) is 0 Å². The van der Waals surface area contributed by atoms with E-state index in [4.69, 9.17) is 9.57 Å². The van der Waals surface area contributed by atoms with Crippen LogP contribution in [0, 0.1) is 0 Å². The van der Waals surface area contributed by atoms with E-state index in [1.54, 1.807) is 7.05 Å². The molecular formula is C11H16N2O3. The third kappa shape index (κ3) is 5.33. The van der Waals surface area contributed by atoms with Crippen molar-refractivity contribution < 1.29 is 14.4 Å². The van der Waals surface area contributed by atoms with Crippen LogP contribution in [0.25, 0.3) is 0 Å². The molecule has 5 nitrogen and oxygen atoms in total. The smallest absolute Gasteiger partial charge is 0.407 e. The van der Waals surface area contributed by atoms with E-state index in [9.17, 15) is 4.79 Å². The molecule has 16 heavy (non-hydrogen) atoms. The van der Waals surface area contributed by atoms with Gasteiger partial charge in [0.05, 0.1) is 6.61 Å². The average molecular weight is 224 g/mol. The third-order valence-corrected chi connectivity index (χ3v) is 1.83. The first-order valence-corrected chi connectivity index (χ1v) is 5.06. The number of alkyl carbamates (subject to hydrolysis) is 1. The third-order valence-electron chi connectivity index (χ3n) is 1.83. The summed E-state index contributed by atoms with van der Waals surface area (Å²) in [5.41, 5.74) is 3.47. The van der Waals surface area contributed by atoms with Gasteiger partial charge in [-0.05, 0) is 5.56 Å². The van der Waals surface area contributed by atoms with E-state index < -0.39 is 6.09 Å². The van der Waals surface area contributed by atoms with Crippen LogP contribution < -0.4 is 10.8 Å². The molecule has 5 heteroatoms. The van der Waals surface area contributed by atoms with Crippen LogP contribution in [0.2, 0.25) is 0 Å². The summed E-state index contributed by atoms with van der Waals surface area (Å²) < 4.78 is 4.98. The van der Waals surface area contributed by atoms with Crippen molar-refractivity contribution in [3.05, 3.63) is 35.9 Å². The Kier molecular flexibility index (Phi) is 5.98. The van der Waals surface area contributed by atoms with E-state index in [0.717, 1.165) is 5.56 Å². The molecule has 0 aliphatic carbocycles. The first kappa shape index (κ1) is 12.5. The van der Waals surface area contributed by atoms with Gasteiger partial charge in [0.25, 0.3) is 0 Å². The first-order chi connectivity index (χ1) is 7.83. The van der Waals surface area contributed by atoms with Crippen LogP contribution in [-0.4, -0.2) is 26.3 Å². The Labute approximate surface area is 94.7 Å². The van der Waals surface area contributed by atoms with E-state index in [1.807, 2.05) is 30.3 Å². The minimum atomic E-state index is -0.441. The Morgan fingerprint density at radius 1 is 1.31 bits per heavy atom. The number of hydroxylamine groups is 1. The van der Waals surface area contributed by atoms with Gasteiger partial charge in [0.1, 0.15) is 6.61 Å². The van der Waals surface area contributed by atoms with Crippen molar-refractivity contribution in [3.63, 3.8) is 0 Å². The van der Waals surface area contributed by atoms with Crippen LogP contribution in [0.3, 0.4) is 0 Å². The van der Waals surface area contributed by atoms with Crippen LogP contribution in [0.4, 0.5) is 4.79 Å². The lowest BCUT2D eigenvalue weighted by Crippen LogP contribution is -2.29. The van der Waals surface area contributed by atoms with Crippen molar-refractivity contribution in [2.24, 2.45) is 0 Å². The fourth-order valence-electron chi connectivity index (χ4n) is 1.08. The second kappa shape index (κ2) is 7.67. The van der Waals surface area contributed by atoms with Crippen molar-refractivity contribution in [2.45, 2.75) is 6.61 Å². The monoisotopic (exact) mass is 224 g/mol. The van der Waals surface area contributed by atoms with Crippen molar-refractivity contribution in [1.82, 2.24) is 10.8 Å². The SMILES string of the molecule is CNOCCNC(=O)OCc1ccccc1. The second-order valence-electron chi connectivity index (χ2n) is 3.04. The lowest BCUT2D eigenvalue weighted by Gasteiger charge is -2.06. The van der Waals surface area contributed by atoms with E-state index in [-0.39, 0.29) is 6.61 Å². The Hall–Kier alpha value is -1.59. The van der Waals surface area contributed by atoms with Crippen LogP contribution in [0.15, 0.2) is 30.3 Å². The normalized spacial score (nSPS) is 9.81. The molecule has 0 aliphatic heterocycles. The Bertz CT molecular complexity index is 303. The van der Waals surface area contributed by atoms with Gasteiger partial charge in [-0.3, -0.25) is 0 Å². The maximum absolute atomic E-state index is 11.2. The minimum absolute atomic E-state index is 0.277. The topological polar surface area (TPSA) is 59.6 Å². The molecule has 88 valence electrons. The Morgan fingerprint density at radius 3 is 2.75 bits per heavy atom. The summed E-state index contributed by atoms with van der Waals surface area (Å²) in [6.45, 7) is 1.09. The molecule has 0 radical (unpaired) electrons. The highest BCUT2D eigenvalue weighted by Gasteiger charge is 2.00. The molecule has 0 bridgehead atoms. The number of hydrogen-bond donors (Lipinski definition) is 2. The van der Waals surface area contributed by atoms with Crippen LogP contribution >= 0.6 is 0 Å². The molecule has 0 saturated carbocycles. The molecule has 0 aliphatic rings. The summed E-state index contributed by atoms with van der Waals surface area (Å²) in [7, 11) is 1.66.